The van der Waals surface area contributed by atoms with Crippen molar-refractivity contribution in [2.24, 2.45) is 0 Å². The molecule has 0 amide bonds. The van der Waals surface area contributed by atoms with Crippen LogP contribution in [0.25, 0.3) is 0 Å². The van der Waals surface area contributed by atoms with E-state index in [-0.39, 0.29) is 12.7 Å². The van der Waals surface area contributed by atoms with Crippen molar-refractivity contribution in [1.82, 2.24) is 0 Å². The predicted octanol–water partition coefficient (Wildman–Crippen LogP) is 2.64. The molecule has 120 valence electrons. The maximum absolute atomic E-state index is 12.7. The molecule has 1 heterocycles. The second-order valence-corrected chi connectivity index (χ2v) is 5.68. The molecule has 0 bridgehead atoms. The SMILES string of the molecule is O=C(OCC1CCCO1)C(O)(c1ccccc1)c1ccccc1. The Morgan fingerprint density at radius 1 is 1.09 bits per heavy atom. The number of esters is 1. The second kappa shape index (κ2) is 6.94. The number of hydrogen-bond acceptors (Lipinski definition) is 4. The minimum atomic E-state index is -1.82. The lowest BCUT2D eigenvalue weighted by molar-refractivity contribution is -0.165. The van der Waals surface area contributed by atoms with Crippen molar-refractivity contribution >= 4 is 5.97 Å². The van der Waals surface area contributed by atoms with Crippen LogP contribution in [0.2, 0.25) is 0 Å². The highest BCUT2D eigenvalue weighted by molar-refractivity contribution is 5.85. The van der Waals surface area contributed by atoms with Gasteiger partial charge in [-0.1, -0.05) is 60.7 Å². The van der Waals surface area contributed by atoms with Gasteiger partial charge in [0.15, 0.2) is 0 Å². The molecular weight excluding hydrogens is 292 g/mol. The van der Waals surface area contributed by atoms with Crippen LogP contribution in [0.5, 0.6) is 0 Å². The summed E-state index contributed by atoms with van der Waals surface area (Å²) in [7, 11) is 0. The van der Waals surface area contributed by atoms with Crippen molar-refractivity contribution in [3.8, 4) is 0 Å². The van der Waals surface area contributed by atoms with E-state index >= 15 is 0 Å². The van der Waals surface area contributed by atoms with E-state index in [4.69, 9.17) is 9.47 Å². The molecule has 3 rings (SSSR count). The molecule has 1 unspecified atom stereocenters. The maximum Gasteiger partial charge on any atom is 0.347 e. The highest BCUT2D eigenvalue weighted by atomic mass is 16.6. The lowest BCUT2D eigenvalue weighted by atomic mass is 9.86. The fourth-order valence-corrected chi connectivity index (χ4v) is 2.81. The van der Waals surface area contributed by atoms with Crippen molar-refractivity contribution in [3.63, 3.8) is 0 Å². The van der Waals surface area contributed by atoms with Crippen molar-refractivity contribution in [2.75, 3.05) is 13.2 Å². The van der Waals surface area contributed by atoms with Gasteiger partial charge in [0, 0.05) is 6.61 Å². The van der Waals surface area contributed by atoms with Crippen molar-refractivity contribution < 1.29 is 19.4 Å². The van der Waals surface area contributed by atoms with Gasteiger partial charge in [-0.2, -0.15) is 0 Å². The van der Waals surface area contributed by atoms with Crippen LogP contribution in [0.4, 0.5) is 0 Å². The van der Waals surface area contributed by atoms with Gasteiger partial charge >= 0.3 is 5.97 Å². The molecule has 4 nitrogen and oxygen atoms in total. The highest BCUT2D eigenvalue weighted by Crippen LogP contribution is 2.31. The van der Waals surface area contributed by atoms with E-state index in [2.05, 4.69) is 0 Å². The van der Waals surface area contributed by atoms with E-state index in [9.17, 15) is 9.90 Å². The zero-order valence-corrected chi connectivity index (χ0v) is 12.9. The third-order valence-electron chi connectivity index (χ3n) is 4.10. The zero-order chi connectivity index (χ0) is 16.1. The third-order valence-corrected chi connectivity index (χ3v) is 4.10. The van der Waals surface area contributed by atoms with Gasteiger partial charge < -0.3 is 14.6 Å². The van der Waals surface area contributed by atoms with Crippen LogP contribution in [-0.4, -0.2) is 30.4 Å². The Hall–Kier alpha value is -2.17. The van der Waals surface area contributed by atoms with Crippen LogP contribution >= 0.6 is 0 Å². The standard InChI is InChI=1S/C19H20O4/c20-18(23-14-17-12-7-13-22-17)19(21,15-8-3-1-4-9-15)16-10-5-2-6-11-16/h1-6,8-11,17,21H,7,12-14H2. The van der Waals surface area contributed by atoms with Gasteiger partial charge in [-0.25, -0.2) is 4.79 Å². The van der Waals surface area contributed by atoms with Crippen LogP contribution in [-0.2, 0) is 19.9 Å². The topological polar surface area (TPSA) is 55.8 Å². The molecule has 1 aliphatic rings. The molecule has 0 radical (unpaired) electrons. The van der Waals surface area contributed by atoms with Gasteiger partial charge in [0.2, 0.25) is 5.60 Å². The highest BCUT2D eigenvalue weighted by Gasteiger charge is 2.41. The predicted molar refractivity (Wildman–Crippen MR) is 85.8 cm³/mol. The summed E-state index contributed by atoms with van der Waals surface area (Å²) in [6.45, 7) is 0.866. The van der Waals surface area contributed by atoms with E-state index in [0.717, 1.165) is 12.8 Å². The summed E-state index contributed by atoms with van der Waals surface area (Å²) < 4.78 is 10.9. The van der Waals surface area contributed by atoms with Crippen LogP contribution in [0.3, 0.4) is 0 Å². The number of carbonyl (C=O) groups is 1. The van der Waals surface area contributed by atoms with Crippen molar-refractivity contribution in [1.29, 1.82) is 0 Å². The number of carbonyl (C=O) groups excluding carboxylic acids is 1. The average Bonchev–Trinajstić information content (AvgIpc) is 3.14. The summed E-state index contributed by atoms with van der Waals surface area (Å²) >= 11 is 0. The quantitative estimate of drug-likeness (QED) is 0.862. The zero-order valence-electron chi connectivity index (χ0n) is 12.9. The fraction of sp³-hybridized carbons (Fsp3) is 0.316. The van der Waals surface area contributed by atoms with Crippen molar-refractivity contribution in [3.05, 3.63) is 71.8 Å². The summed E-state index contributed by atoms with van der Waals surface area (Å²) in [5.74, 6) is -0.676. The molecule has 0 saturated carbocycles. The molecular formula is C19H20O4. The molecule has 4 heteroatoms. The number of aliphatic hydroxyl groups is 1. The Kier molecular flexibility index (Phi) is 4.74. The molecule has 2 aromatic rings. The maximum atomic E-state index is 12.7. The van der Waals surface area contributed by atoms with Gasteiger partial charge in [0.05, 0.1) is 6.10 Å². The van der Waals surface area contributed by atoms with E-state index in [1.54, 1.807) is 48.5 Å². The molecule has 1 fully saturated rings. The van der Waals surface area contributed by atoms with Gasteiger partial charge in [-0.05, 0) is 24.0 Å². The molecule has 0 aliphatic carbocycles. The summed E-state index contributed by atoms with van der Waals surface area (Å²) in [6, 6.07) is 17.7. The fourth-order valence-electron chi connectivity index (χ4n) is 2.81. The summed E-state index contributed by atoms with van der Waals surface area (Å²) in [5, 5.41) is 11.2. The Morgan fingerprint density at radius 2 is 1.65 bits per heavy atom. The first-order chi connectivity index (χ1) is 11.2. The first-order valence-corrected chi connectivity index (χ1v) is 7.83. The van der Waals surface area contributed by atoms with Crippen LogP contribution < -0.4 is 0 Å². The van der Waals surface area contributed by atoms with E-state index in [1.165, 1.54) is 0 Å². The number of ether oxygens (including phenoxy) is 2. The number of rotatable bonds is 5. The third kappa shape index (κ3) is 3.28. The lowest BCUT2D eigenvalue weighted by Crippen LogP contribution is -2.39. The molecule has 1 atom stereocenters. The Bertz CT molecular complexity index is 593. The first kappa shape index (κ1) is 15.7. The largest absolute Gasteiger partial charge is 0.460 e. The van der Waals surface area contributed by atoms with Crippen LogP contribution in [0, 0.1) is 0 Å². The monoisotopic (exact) mass is 312 g/mol. The van der Waals surface area contributed by atoms with Gasteiger partial charge in [-0.3, -0.25) is 0 Å². The van der Waals surface area contributed by atoms with E-state index < -0.39 is 11.6 Å². The Labute approximate surface area is 135 Å². The summed E-state index contributed by atoms with van der Waals surface area (Å²) in [4.78, 5) is 12.7. The number of hydrogen-bond donors (Lipinski definition) is 1. The lowest BCUT2D eigenvalue weighted by Gasteiger charge is -2.27. The van der Waals surface area contributed by atoms with Gasteiger partial charge in [-0.15, -0.1) is 0 Å². The first-order valence-electron chi connectivity index (χ1n) is 7.83. The molecule has 2 aromatic carbocycles. The normalized spacial score (nSPS) is 17.9. The van der Waals surface area contributed by atoms with Crippen LogP contribution in [0.15, 0.2) is 60.7 Å². The molecule has 1 aliphatic heterocycles. The molecule has 23 heavy (non-hydrogen) atoms. The molecule has 0 aromatic heterocycles. The molecule has 1 N–H and O–H groups in total. The summed E-state index contributed by atoms with van der Waals surface area (Å²) in [6.07, 6.45) is 1.78. The average molecular weight is 312 g/mol. The van der Waals surface area contributed by atoms with E-state index in [1.807, 2.05) is 12.1 Å². The molecule has 1 saturated heterocycles. The van der Waals surface area contributed by atoms with Crippen LogP contribution in [0.1, 0.15) is 24.0 Å². The Morgan fingerprint density at radius 3 is 2.13 bits per heavy atom. The smallest absolute Gasteiger partial charge is 0.347 e. The van der Waals surface area contributed by atoms with Gasteiger partial charge in [0.25, 0.3) is 0 Å². The number of benzene rings is 2. The van der Waals surface area contributed by atoms with Crippen molar-refractivity contribution in [2.45, 2.75) is 24.5 Å². The Balaban J connectivity index is 1.87. The minimum Gasteiger partial charge on any atom is -0.460 e. The van der Waals surface area contributed by atoms with E-state index in [0.29, 0.717) is 17.7 Å². The minimum absolute atomic E-state index is 0.0743. The molecule has 0 spiro atoms. The summed E-state index contributed by atoms with van der Waals surface area (Å²) in [5.41, 5.74) is -0.840. The second-order valence-electron chi connectivity index (χ2n) is 5.68. The van der Waals surface area contributed by atoms with Gasteiger partial charge in [0.1, 0.15) is 6.61 Å².